The van der Waals surface area contributed by atoms with Gasteiger partial charge in [0.05, 0.1) is 0 Å². The van der Waals surface area contributed by atoms with E-state index in [1.807, 2.05) is 24.3 Å². The summed E-state index contributed by atoms with van der Waals surface area (Å²) < 4.78 is 1.14. The molecule has 1 nitrogen and oxygen atoms in total. The first-order valence-corrected chi connectivity index (χ1v) is 4.79. The fourth-order valence-corrected chi connectivity index (χ4v) is 1.92. The second kappa shape index (κ2) is 2.94. The molecule has 0 unspecified atom stereocenters. The summed E-state index contributed by atoms with van der Waals surface area (Å²) in [5, 5.41) is 2.48. The molecule has 0 heterocycles. The highest BCUT2D eigenvalue weighted by Crippen LogP contribution is 2.25. The third-order valence-corrected chi connectivity index (χ3v) is 3.10. The fraction of sp³-hybridized carbons (Fsp3) is 0. The molecule has 12 heavy (non-hydrogen) atoms. The molecule has 0 bridgehead atoms. The Morgan fingerprint density at radius 1 is 1.00 bits per heavy atom. The molecule has 0 aromatic heterocycles. The fourth-order valence-electron chi connectivity index (χ4n) is 1.25. The largest absolute Gasteiger partial charge is 0.398 e. The average Bonchev–Trinajstić information content (AvgIpc) is 2.12. The van der Waals surface area contributed by atoms with Crippen LogP contribution in [0.2, 0.25) is 0 Å². The van der Waals surface area contributed by atoms with Gasteiger partial charge < -0.3 is 5.73 Å². The summed E-state index contributed by atoms with van der Waals surface area (Å²) in [6, 6.07) is 12.2. The van der Waals surface area contributed by atoms with Crippen LogP contribution in [0.3, 0.4) is 0 Å². The van der Waals surface area contributed by atoms with E-state index >= 15 is 0 Å². The second-order valence-corrected chi connectivity index (χ2v) is 3.77. The van der Waals surface area contributed by atoms with Gasteiger partial charge in [-0.15, -0.1) is 0 Å². The molecule has 0 aliphatic rings. The Balaban J connectivity index is 2.91. The van der Waals surface area contributed by atoms with Crippen molar-refractivity contribution in [3.63, 3.8) is 0 Å². The highest BCUT2D eigenvalue weighted by molar-refractivity contribution is 14.1. The Kier molecular flexibility index (Phi) is 1.92. The topological polar surface area (TPSA) is 26.0 Å². The van der Waals surface area contributed by atoms with Crippen molar-refractivity contribution in [2.45, 2.75) is 0 Å². The summed E-state index contributed by atoms with van der Waals surface area (Å²) in [5.41, 5.74) is 6.63. The minimum Gasteiger partial charge on any atom is -0.398 e. The van der Waals surface area contributed by atoms with Crippen LogP contribution in [-0.2, 0) is 0 Å². The molecule has 0 spiro atoms. The molecule has 0 amide bonds. The lowest BCUT2D eigenvalue weighted by molar-refractivity contribution is 1.68. The minimum absolute atomic E-state index is 0.856. The number of nitrogen functional groups attached to an aromatic ring is 1. The first-order chi connectivity index (χ1) is 5.79. The zero-order valence-electron chi connectivity index (χ0n) is 6.42. The van der Waals surface area contributed by atoms with E-state index in [-0.39, 0.29) is 0 Å². The predicted octanol–water partition coefficient (Wildman–Crippen LogP) is 3.03. The minimum atomic E-state index is 0.856. The highest BCUT2D eigenvalue weighted by atomic mass is 127. The molecule has 0 radical (unpaired) electrons. The lowest BCUT2D eigenvalue weighted by atomic mass is 10.1. The van der Waals surface area contributed by atoms with E-state index in [0.717, 1.165) is 9.26 Å². The molecule has 2 N–H and O–H groups in total. The first-order valence-electron chi connectivity index (χ1n) is 3.72. The Morgan fingerprint density at radius 2 is 1.75 bits per heavy atom. The zero-order chi connectivity index (χ0) is 8.55. The van der Waals surface area contributed by atoms with Gasteiger partial charge in [0.15, 0.2) is 0 Å². The number of hydrogen-bond acceptors (Lipinski definition) is 1. The Labute approximate surface area is 84.7 Å². The quantitative estimate of drug-likeness (QED) is 0.577. The normalized spacial score (nSPS) is 10.4. The van der Waals surface area contributed by atoms with Gasteiger partial charge in [0.2, 0.25) is 0 Å². The molecule has 0 fully saturated rings. The number of rotatable bonds is 0. The standard InChI is InChI=1S/C10H8IN/c11-10-8-4-2-1-3-7(8)5-6-9(10)12/h1-6H,12H2. The van der Waals surface area contributed by atoms with E-state index in [4.69, 9.17) is 5.73 Å². The molecule has 0 atom stereocenters. The van der Waals surface area contributed by atoms with Gasteiger partial charge in [-0.05, 0) is 39.4 Å². The molecule has 60 valence electrons. The molecule has 2 aromatic rings. The van der Waals surface area contributed by atoms with Crippen molar-refractivity contribution in [2.75, 3.05) is 5.73 Å². The van der Waals surface area contributed by atoms with E-state index in [0.29, 0.717) is 0 Å². The molecular weight excluding hydrogens is 261 g/mol. The SMILES string of the molecule is Nc1ccc2ccccc2c1I. The van der Waals surface area contributed by atoms with Crippen molar-refractivity contribution in [1.29, 1.82) is 0 Å². The van der Waals surface area contributed by atoms with E-state index < -0.39 is 0 Å². The lowest BCUT2D eigenvalue weighted by Crippen LogP contribution is -1.89. The van der Waals surface area contributed by atoms with Gasteiger partial charge >= 0.3 is 0 Å². The maximum absolute atomic E-state index is 5.78. The number of fused-ring (bicyclic) bond motifs is 1. The van der Waals surface area contributed by atoms with Crippen molar-refractivity contribution in [2.24, 2.45) is 0 Å². The Bertz CT molecular complexity index is 423. The van der Waals surface area contributed by atoms with Gasteiger partial charge in [-0.2, -0.15) is 0 Å². The molecule has 0 saturated heterocycles. The summed E-state index contributed by atoms with van der Waals surface area (Å²) in [6.45, 7) is 0. The molecule has 2 rings (SSSR count). The maximum Gasteiger partial charge on any atom is 0.0456 e. The number of hydrogen-bond donors (Lipinski definition) is 1. The third-order valence-electron chi connectivity index (χ3n) is 1.89. The monoisotopic (exact) mass is 269 g/mol. The van der Waals surface area contributed by atoms with Crippen LogP contribution < -0.4 is 5.73 Å². The number of benzene rings is 2. The van der Waals surface area contributed by atoms with Crippen LogP contribution in [0.4, 0.5) is 5.69 Å². The maximum atomic E-state index is 5.78. The van der Waals surface area contributed by atoms with E-state index in [9.17, 15) is 0 Å². The summed E-state index contributed by atoms with van der Waals surface area (Å²) in [4.78, 5) is 0. The van der Waals surface area contributed by atoms with Crippen LogP contribution in [0.5, 0.6) is 0 Å². The van der Waals surface area contributed by atoms with Gasteiger partial charge in [0, 0.05) is 9.26 Å². The van der Waals surface area contributed by atoms with Crippen LogP contribution in [0.25, 0.3) is 10.8 Å². The van der Waals surface area contributed by atoms with Crippen molar-refractivity contribution >= 4 is 39.1 Å². The second-order valence-electron chi connectivity index (χ2n) is 2.69. The summed E-state index contributed by atoms with van der Waals surface area (Å²) >= 11 is 2.28. The van der Waals surface area contributed by atoms with Crippen LogP contribution >= 0.6 is 22.6 Å². The van der Waals surface area contributed by atoms with E-state index in [1.54, 1.807) is 0 Å². The van der Waals surface area contributed by atoms with Gasteiger partial charge in [0.1, 0.15) is 0 Å². The van der Waals surface area contributed by atoms with Gasteiger partial charge in [-0.25, -0.2) is 0 Å². The average molecular weight is 269 g/mol. The smallest absolute Gasteiger partial charge is 0.0456 e. The Morgan fingerprint density at radius 3 is 2.58 bits per heavy atom. The predicted molar refractivity (Wildman–Crippen MR) is 61.1 cm³/mol. The van der Waals surface area contributed by atoms with Crippen molar-refractivity contribution in [1.82, 2.24) is 0 Å². The summed E-state index contributed by atoms with van der Waals surface area (Å²) in [5.74, 6) is 0. The Hall–Kier alpha value is -0.770. The third kappa shape index (κ3) is 1.16. The van der Waals surface area contributed by atoms with Crippen molar-refractivity contribution in [3.8, 4) is 0 Å². The van der Waals surface area contributed by atoms with Crippen LogP contribution in [0, 0.1) is 3.57 Å². The van der Waals surface area contributed by atoms with Gasteiger partial charge in [-0.1, -0.05) is 30.3 Å². The molecular formula is C10H8IN. The molecule has 2 heteroatoms. The van der Waals surface area contributed by atoms with Crippen molar-refractivity contribution in [3.05, 3.63) is 40.0 Å². The van der Waals surface area contributed by atoms with E-state index in [2.05, 4.69) is 34.7 Å². The number of halogens is 1. The highest BCUT2D eigenvalue weighted by Gasteiger charge is 1.99. The molecule has 0 aliphatic heterocycles. The summed E-state index contributed by atoms with van der Waals surface area (Å²) in [6.07, 6.45) is 0. The zero-order valence-corrected chi connectivity index (χ0v) is 8.58. The summed E-state index contributed by atoms with van der Waals surface area (Å²) in [7, 11) is 0. The van der Waals surface area contributed by atoms with Crippen LogP contribution in [0.1, 0.15) is 0 Å². The van der Waals surface area contributed by atoms with Gasteiger partial charge in [-0.3, -0.25) is 0 Å². The first kappa shape index (κ1) is 7.86. The molecule has 0 saturated carbocycles. The van der Waals surface area contributed by atoms with E-state index in [1.165, 1.54) is 10.8 Å². The van der Waals surface area contributed by atoms with Gasteiger partial charge in [0.25, 0.3) is 0 Å². The number of anilines is 1. The van der Waals surface area contributed by atoms with Crippen LogP contribution in [-0.4, -0.2) is 0 Å². The lowest BCUT2D eigenvalue weighted by Gasteiger charge is -2.02. The number of nitrogens with two attached hydrogens (primary N) is 1. The van der Waals surface area contributed by atoms with Crippen LogP contribution in [0.15, 0.2) is 36.4 Å². The van der Waals surface area contributed by atoms with Crippen molar-refractivity contribution < 1.29 is 0 Å². The molecule has 0 aliphatic carbocycles. The molecule has 2 aromatic carbocycles.